The summed E-state index contributed by atoms with van der Waals surface area (Å²) in [6, 6.07) is 8.38. The van der Waals surface area contributed by atoms with E-state index in [2.05, 4.69) is 4.98 Å². The van der Waals surface area contributed by atoms with E-state index in [1.54, 1.807) is 18.3 Å². The molecule has 0 N–H and O–H groups in total. The molecule has 3 aromatic rings. The summed E-state index contributed by atoms with van der Waals surface area (Å²) in [6.07, 6.45) is 2.69. The summed E-state index contributed by atoms with van der Waals surface area (Å²) in [5.41, 5.74) is 0.790. The van der Waals surface area contributed by atoms with Gasteiger partial charge in [0.1, 0.15) is 11.6 Å². The Balaban J connectivity index is 2.15. The van der Waals surface area contributed by atoms with E-state index >= 15 is 0 Å². The van der Waals surface area contributed by atoms with E-state index in [0.29, 0.717) is 16.5 Å². The summed E-state index contributed by atoms with van der Waals surface area (Å²) in [5.74, 6) is -0.928. The second-order valence-corrected chi connectivity index (χ2v) is 4.45. The maximum atomic E-state index is 13.6. The molecule has 0 radical (unpaired) electrons. The maximum Gasteiger partial charge on any atom is 0.251 e. The van der Waals surface area contributed by atoms with E-state index < -0.39 is 11.6 Å². The predicted molar refractivity (Wildman–Crippen MR) is 71.5 cm³/mol. The number of halogens is 2. The van der Waals surface area contributed by atoms with Gasteiger partial charge in [0.2, 0.25) is 0 Å². The van der Waals surface area contributed by atoms with Gasteiger partial charge in [0, 0.05) is 29.4 Å². The van der Waals surface area contributed by atoms with Crippen LogP contribution in [0, 0.1) is 11.6 Å². The Morgan fingerprint density at radius 2 is 1.95 bits per heavy atom. The van der Waals surface area contributed by atoms with Crippen LogP contribution in [0.15, 0.2) is 53.6 Å². The van der Waals surface area contributed by atoms with E-state index in [0.717, 1.165) is 18.3 Å². The van der Waals surface area contributed by atoms with Crippen molar-refractivity contribution in [3.8, 4) is 0 Å². The third-order valence-corrected chi connectivity index (χ3v) is 3.04. The van der Waals surface area contributed by atoms with E-state index in [4.69, 9.17) is 0 Å². The van der Waals surface area contributed by atoms with Crippen LogP contribution in [0.2, 0.25) is 0 Å². The van der Waals surface area contributed by atoms with Crippen LogP contribution < -0.4 is 5.56 Å². The molecule has 20 heavy (non-hydrogen) atoms. The van der Waals surface area contributed by atoms with Gasteiger partial charge in [-0.2, -0.15) is 0 Å². The molecule has 0 saturated carbocycles. The van der Waals surface area contributed by atoms with Crippen LogP contribution >= 0.6 is 0 Å². The number of hydrogen-bond acceptors (Lipinski definition) is 2. The average molecular weight is 272 g/mol. The van der Waals surface area contributed by atoms with Crippen molar-refractivity contribution in [1.82, 2.24) is 9.55 Å². The summed E-state index contributed by atoms with van der Waals surface area (Å²) in [4.78, 5) is 15.9. The van der Waals surface area contributed by atoms with Gasteiger partial charge < -0.3 is 4.57 Å². The molecule has 100 valence electrons. The largest absolute Gasteiger partial charge is 0.308 e. The summed E-state index contributed by atoms with van der Waals surface area (Å²) in [5, 5.41) is 0.645. The highest BCUT2D eigenvalue weighted by Gasteiger charge is 2.07. The zero-order valence-electron chi connectivity index (χ0n) is 10.4. The van der Waals surface area contributed by atoms with Crippen molar-refractivity contribution in [1.29, 1.82) is 0 Å². The summed E-state index contributed by atoms with van der Waals surface area (Å²) >= 11 is 0. The first kappa shape index (κ1) is 12.5. The zero-order chi connectivity index (χ0) is 14.1. The number of fused-ring (bicyclic) bond motifs is 1. The Bertz CT molecular complexity index is 843. The zero-order valence-corrected chi connectivity index (χ0v) is 10.4. The lowest BCUT2D eigenvalue weighted by Crippen LogP contribution is -2.19. The molecule has 0 spiro atoms. The molecule has 5 heteroatoms. The first-order chi connectivity index (χ1) is 9.63. The summed E-state index contributed by atoms with van der Waals surface area (Å²) in [6.45, 7) is 0.0713. The Kier molecular flexibility index (Phi) is 3.02. The van der Waals surface area contributed by atoms with Crippen molar-refractivity contribution >= 4 is 10.9 Å². The van der Waals surface area contributed by atoms with Crippen molar-refractivity contribution < 1.29 is 8.78 Å². The van der Waals surface area contributed by atoms with Gasteiger partial charge in [-0.15, -0.1) is 0 Å². The SMILES string of the molecule is O=c1ccc(F)cn1Cc1cc(F)cc2cccnc12. The fourth-order valence-corrected chi connectivity index (χ4v) is 2.16. The Hall–Kier alpha value is -2.56. The summed E-state index contributed by atoms with van der Waals surface area (Å²) in [7, 11) is 0. The van der Waals surface area contributed by atoms with Gasteiger partial charge in [-0.05, 0) is 24.3 Å². The Morgan fingerprint density at radius 1 is 1.10 bits per heavy atom. The maximum absolute atomic E-state index is 13.6. The van der Waals surface area contributed by atoms with Crippen LogP contribution in [0.25, 0.3) is 10.9 Å². The van der Waals surface area contributed by atoms with Gasteiger partial charge in [0.15, 0.2) is 0 Å². The first-order valence-corrected chi connectivity index (χ1v) is 6.02. The number of rotatable bonds is 2. The second kappa shape index (κ2) is 4.85. The lowest BCUT2D eigenvalue weighted by molar-refractivity contribution is 0.594. The second-order valence-electron chi connectivity index (χ2n) is 4.45. The highest BCUT2D eigenvalue weighted by atomic mass is 19.1. The highest BCUT2D eigenvalue weighted by molar-refractivity contribution is 5.81. The van der Waals surface area contributed by atoms with E-state index in [-0.39, 0.29) is 12.1 Å². The molecule has 1 aromatic carbocycles. The van der Waals surface area contributed by atoms with Gasteiger partial charge in [-0.1, -0.05) is 6.07 Å². The molecule has 0 saturated heterocycles. The van der Waals surface area contributed by atoms with E-state index in [1.807, 2.05) is 0 Å². The number of pyridine rings is 2. The van der Waals surface area contributed by atoms with Crippen LogP contribution in [0.5, 0.6) is 0 Å². The molecule has 0 aliphatic carbocycles. The molecule has 0 bridgehead atoms. The van der Waals surface area contributed by atoms with Gasteiger partial charge in [0.25, 0.3) is 5.56 Å². The molecule has 2 heterocycles. The molecule has 3 rings (SSSR count). The van der Waals surface area contributed by atoms with Gasteiger partial charge in [-0.3, -0.25) is 9.78 Å². The average Bonchev–Trinajstić information content (AvgIpc) is 2.43. The fourth-order valence-electron chi connectivity index (χ4n) is 2.16. The van der Waals surface area contributed by atoms with Crippen molar-refractivity contribution in [3.63, 3.8) is 0 Å². The number of benzene rings is 1. The lowest BCUT2D eigenvalue weighted by Gasteiger charge is -2.08. The normalized spacial score (nSPS) is 10.9. The third-order valence-electron chi connectivity index (χ3n) is 3.04. The van der Waals surface area contributed by atoms with Crippen LogP contribution in [0.3, 0.4) is 0 Å². The standard InChI is InChI=1S/C15H10F2N2O/c16-12-3-4-14(20)19(9-12)8-11-7-13(17)6-10-2-1-5-18-15(10)11/h1-7,9H,8H2. The molecule has 0 unspecified atom stereocenters. The van der Waals surface area contributed by atoms with Gasteiger partial charge >= 0.3 is 0 Å². The number of aromatic nitrogens is 2. The van der Waals surface area contributed by atoms with Crippen LogP contribution in [0.4, 0.5) is 8.78 Å². The number of hydrogen-bond donors (Lipinski definition) is 0. The van der Waals surface area contributed by atoms with Crippen molar-refractivity contribution in [2.75, 3.05) is 0 Å². The molecule has 2 aromatic heterocycles. The summed E-state index contributed by atoms with van der Waals surface area (Å²) < 4.78 is 28.0. The van der Waals surface area contributed by atoms with Crippen molar-refractivity contribution in [2.45, 2.75) is 6.54 Å². The molecule has 0 amide bonds. The molecule has 0 fully saturated rings. The lowest BCUT2D eigenvalue weighted by atomic mass is 10.1. The van der Waals surface area contributed by atoms with Crippen molar-refractivity contribution in [2.24, 2.45) is 0 Å². The molecule has 0 aliphatic rings. The quantitative estimate of drug-likeness (QED) is 0.719. The molecule has 3 nitrogen and oxygen atoms in total. The van der Waals surface area contributed by atoms with Crippen LogP contribution in [-0.4, -0.2) is 9.55 Å². The van der Waals surface area contributed by atoms with E-state index in [1.165, 1.54) is 16.7 Å². The van der Waals surface area contributed by atoms with E-state index in [9.17, 15) is 13.6 Å². The molecular formula is C15H10F2N2O. The predicted octanol–water partition coefficient (Wildman–Crippen LogP) is 2.72. The van der Waals surface area contributed by atoms with Gasteiger partial charge in [-0.25, -0.2) is 8.78 Å². The van der Waals surface area contributed by atoms with Crippen LogP contribution in [-0.2, 0) is 6.54 Å². The Morgan fingerprint density at radius 3 is 2.80 bits per heavy atom. The highest BCUT2D eigenvalue weighted by Crippen LogP contribution is 2.19. The molecular weight excluding hydrogens is 262 g/mol. The fraction of sp³-hybridized carbons (Fsp3) is 0.0667. The molecule has 0 atom stereocenters. The Labute approximate surface area is 113 Å². The van der Waals surface area contributed by atoms with Crippen LogP contribution in [0.1, 0.15) is 5.56 Å². The monoisotopic (exact) mass is 272 g/mol. The first-order valence-electron chi connectivity index (χ1n) is 6.02. The topological polar surface area (TPSA) is 34.9 Å². The third kappa shape index (κ3) is 2.30. The minimum absolute atomic E-state index is 0.0713. The smallest absolute Gasteiger partial charge is 0.251 e. The van der Waals surface area contributed by atoms with Crippen molar-refractivity contribution in [3.05, 3.63) is 76.3 Å². The minimum Gasteiger partial charge on any atom is -0.308 e. The van der Waals surface area contributed by atoms with Gasteiger partial charge in [0.05, 0.1) is 12.1 Å². The minimum atomic E-state index is -0.515. The molecule has 0 aliphatic heterocycles. The number of nitrogens with zero attached hydrogens (tertiary/aromatic N) is 2.